The zero-order chi connectivity index (χ0) is 25.1. The number of pyridine rings is 1. The molecule has 0 unspecified atom stereocenters. The lowest BCUT2D eigenvalue weighted by Crippen LogP contribution is -2.42. The van der Waals surface area contributed by atoms with Crippen LogP contribution in [0.15, 0.2) is 82.6 Å². The molecule has 0 aliphatic carbocycles. The first-order valence-electron chi connectivity index (χ1n) is 10.6. The fraction of sp³-hybridized carbons (Fsp3) is 0.120. The predicted octanol–water partition coefficient (Wildman–Crippen LogP) is 4.81. The lowest BCUT2D eigenvalue weighted by molar-refractivity contribution is 0.102. The first-order valence-corrected chi connectivity index (χ1v) is 11.0. The van der Waals surface area contributed by atoms with E-state index in [1.807, 2.05) is 0 Å². The van der Waals surface area contributed by atoms with E-state index in [-0.39, 0.29) is 17.3 Å². The monoisotopic (exact) mass is 494 g/mol. The maximum atomic E-state index is 13.4. The molecule has 0 bridgehead atoms. The van der Waals surface area contributed by atoms with Crippen LogP contribution < -0.4 is 21.3 Å². The fourth-order valence-corrected chi connectivity index (χ4v) is 3.47. The molecular weight excluding hydrogens is 475 g/mol. The van der Waals surface area contributed by atoms with Crippen molar-refractivity contribution >= 4 is 23.2 Å². The number of carbonyl (C=O) groups excluding carboxylic acids is 1. The lowest BCUT2D eigenvalue weighted by Gasteiger charge is -2.15. The van der Waals surface area contributed by atoms with Gasteiger partial charge in [0.2, 0.25) is 0 Å². The van der Waals surface area contributed by atoms with Gasteiger partial charge in [0.15, 0.2) is 0 Å². The SMILES string of the molecule is CC(C)n1cc(C(=O)Nc2ccc(Oc3ccnc(Cl)c3)cc2)c(=O)n(-c2ccc(F)cc2)c1=O. The second kappa shape index (κ2) is 9.94. The van der Waals surface area contributed by atoms with Gasteiger partial charge in [0.1, 0.15) is 28.0 Å². The second-order valence-electron chi connectivity index (χ2n) is 7.84. The van der Waals surface area contributed by atoms with E-state index in [4.69, 9.17) is 16.3 Å². The maximum absolute atomic E-state index is 13.4. The average molecular weight is 495 g/mol. The number of ether oxygens (including phenoxy) is 1. The first kappa shape index (κ1) is 23.9. The Balaban J connectivity index is 1.63. The van der Waals surface area contributed by atoms with Gasteiger partial charge < -0.3 is 10.1 Å². The first-order chi connectivity index (χ1) is 16.7. The highest BCUT2D eigenvalue weighted by Crippen LogP contribution is 2.24. The Hall–Kier alpha value is -4.24. The van der Waals surface area contributed by atoms with E-state index in [1.165, 1.54) is 29.1 Å². The number of aromatic nitrogens is 3. The van der Waals surface area contributed by atoms with E-state index in [2.05, 4.69) is 10.3 Å². The molecule has 0 saturated carbocycles. The summed E-state index contributed by atoms with van der Waals surface area (Å²) in [5.41, 5.74) is -1.13. The normalized spacial score (nSPS) is 10.9. The molecule has 2 heterocycles. The van der Waals surface area contributed by atoms with Gasteiger partial charge in [-0.1, -0.05) is 11.6 Å². The number of nitrogens with one attached hydrogen (secondary N) is 1. The summed E-state index contributed by atoms with van der Waals surface area (Å²) in [5, 5.41) is 2.95. The number of amides is 1. The second-order valence-corrected chi connectivity index (χ2v) is 8.23. The third-order valence-corrected chi connectivity index (χ3v) is 5.25. The van der Waals surface area contributed by atoms with Crippen LogP contribution in [-0.2, 0) is 0 Å². The van der Waals surface area contributed by atoms with E-state index in [1.54, 1.807) is 50.2 Å². The molecule has 35 heavy (non-hydrogen) atoms. The Kier molecular flexibility index (Phi) is 6.79. The summed E-state index contributed by atoms with van der Waals surface area (Å²) in [4.78, 5) is 43.0. The van der Waals surface area contributed by atoms with Gasteiger partial charge >= 0.3 is 5.69 Å². The summed E-state index contributed by atoms with van der Waals surface area (Å²) in [7, 11) is 0. The molecule has 2 aromatic heterocycles. The molecule has 0 fully saturated rings. The summed E-state index contributed by atoms with van der Waals surface area (Å²) in [6.45, 7) is 3.49. The van der Waals surface area contributed by atoms with Crippen molar-refractivity contribution in [3.05, 3.63) is 110 Å². The van der Waals surface area contributed by atoms with Crippen LogP contribution in [0.1, 0.15) is 30.2 Å². The Bertz CT molecular complexity index is 1500. The number of carbonyl (C=O) groups is 1. The van der Waals surface area contributed by atoms with Crippen molar-refractivity contribution in [2.75, 3.05) is 5.32 Å². The summed E-state index contributed by atoms with van der Waals surface area (Å²) < 4.78 is 21.2. The minimum absolute atomic E-state index is 0.156. The minimum Gasteiger partial charge on any atom is -0.457 e. The molecule has 178 valence electrons. The van der Waals surface area contributed by atoms with Crippen molar-refractivity contribution in [2.45, 2.75) is 19.9 Å². The number of rotatable bonds is 6. The van der Waals surface area contributed by atoms with E-state index >= 15 is 0 Å². The molecule has 0 saturated heterocycles. The average Bonchev–Trinajstić information content (AvgIpc) is 2.81. The van der Waals surface area contributed by atoms with E-state index in [9.17, 15) is 18.8 Å². The predicted molar refractivity (Wildman–Crippen MR) is 130 cm³/mol. The van der Waals surface area contributed by atoms with Crippen LogP contribution in [0.2, 0.25) is 5.15 Å². The molecular formula is C25H20ClFN4O4. The molecule has 0 radical (unpaired) electrons. The summed E-state index contributed by atoms with van der Waals surface area (Å²) in [5.74, 6) is -0.217. The Morgan fingerprint density at radius 2 is 1.71 bits per heavy atom. The summed E-state index contributed by atoms with van der Waals surface area (Å²) in [6, 6.07) is 14.2. The van der Waals surface area contributed by atoms with Crippen LogP contribution >= 0.6 is 11.6 Å². The largest absolute Gasteiger partial charge is 0.457 e. The molecule has 0 aliphatic rings. The van der Waals surface area contributed by atoms with Crippen molar-refractivity contribution in [2.24, 2.45) is 0 Å². The van der Waals surface area contributed by atoms with Crippen LogP contribution in [0.5, 0.6) is 11.5 Å². The standard InChI is InChI=1S/C25H20ClFN4O4/c1-15(2)30-14-21(24(33)31(25(30)34)18-7-3-16(27)4-8-18)23(32)29-17-5-9-19(10-6-17)35-20-11-12-28-22(26)13-20/h3-15H,1-2H3,(H,29,32). The molecule has 0 aliphatic heterocycles. The topological polar surface area (TPSA) is 95.2 Å². The van der Waals surface area contributed by atoms with Crippen molar-refractivity contribution in [1.82, 2.24) is 14.1 Å². The Labute approximate surface area is 204 Å². The number of anilines is 1. The van der Waals surface area contributed by atoms with Gasteiger partial charge in [-0.3, -0.25) is 14.2 Å². The number of nitrogens with zero attached hydrogens (tertiary/aromatic N) is 3. The minimum atomic E-state index is -0.814. The van der Waals surface area contributed by atoms with Crippen molar-refractivity contribution in [3.63, 3.8) is 0 Å². The number of hydrogen-bond acceptors (Lipinski definition) is 5. The maximum Gasteiger partial charge on any atom is 0.335 e. The number of halogens is 2. The Morgan fingerprint density at radius 3 is 2.34 bits per heavy atom. The smallest absolute Gasteiger partial charge is 0.335 e. The highest BCUT2D eigenvalue weighted by molar-refractivity contribution is 6.29. The van der Waals surface area contributed by atoms with Gasteiger partial charge in [-0.15, -0.1) is 0 Å². The van der Waals surface area contributed by atoms with E-state index in [0.717, 1.165) is 16.7 Å². The van der Waals surface area contributed by atoms with Crippen LogP contribution in [0.4, 0.5) is 10.1 Å². The third kappa shape index (κ3) is 5.30. The highest BCUT2D eigenvalue weighted by atomic mass is 35.5. The zero-order valence-electron chi connectivity index (χ0n) is 18.7. The molecule has 2 aromatic carbocycles. The quantitative estimate of drug-likeness (QED) is 0.388. The van der Waals surface area contributed by atoms with Gasteiger partial charge in [0.05, 0.1) is 5.69 Å². The van der Waals surface area contributed by atoms with Gasteiger partial charge in [-0.25, -0.2) is 18.7 Å². The van der Waals surface area contributed by atoms with E-state index in [0.29, 0.717) is 22.3 Å². The highest BCUT2D eigenvalue weighted by Gasteiger charge is 2.20. The van der Waals surface area contributed by atoms with Crippen molar-refractivity contribution in [3.8, 4) is 17.2 Å². The molecule has 1 amide bonds. The van der Waals surface area contributed by atoms with Gasteiger partial charge in [-0.2, -0.15) is 0 Å². The molecule has 4 aromatic rings. The summed E-state index contributed by atoms with van der Waals surface area (Å²) >= 11 is 5.86. The van der Waals surface area contributed by atoms with E-state index < -0.39 is 23.0 Å². The Morgan fingerprint density at radius 1 is 1.03 bits per heavy atom. The van der Waals surface area contributed by atoms with Crippen molar-refractivity contribution < 1.29 is 13.9 Å². The molecule has 1 N–H and O–H groups in total. The van der Waals surface area contributed by atoms with Crippen LogP contribution in [-0.4, -0.2) is 20.0 Å². The molecule has 0 spiro atoms. The van der Waals surface area contributed by atoms with Gasteiger partial charge in [0.25, 0.3) is 11.5 Å². The van der Waals surface area contributed by atoms with Crippen LogP contribution in [0.25, 0.3) is 5.69 Å². The number of benzene rings is 2. The number of hydrogen-bond donors (Lipinski definition) is 1. The van der Waals surface area contributed by atoms with Gasteiger partial charge in [0, 0.05) is 30.2 Å². The molecule has 10 heteroatoms. The zero-order valence-corrected chi connectivity index (χ0v) is 19.5. The lowest BCUT2D eigenvalue weighted by atomic mass is 10.2. The molecule has 0 atom stereocenters. The fourth-order valence-electron chi connectivity index (χ4n) is 3.30. The summed E-state index contributed by atoms with van der Waals surface area (Å²) in [6.07, 6.45) is 2.75. The van der Waals surface area contributed by atoms with Crippen LogP contribution in [0, 0.1) is 5.82 Å². The molecule has 8 nitrogen and oxygen atoms in total. The van der Waals surface area contributed by atoms with Gasteiger partial charge in [-0.05, 0) is 68.4 Å². The molecule has 4 rings (SSSR count). The third-order valence-electron chi connectivity index (χ3n) is 5.05. The van der Waals surface area contributed by atoms with Crippen molar-refractivity contribution in [1.29, 1.82) is 0 Å². The van der Waals surface area contributed by atoms with Crippen LogP contribution in [0.3, 0.4) is 0 Å².